The molecule has 0 saturated carbocycles. The van der Waals surface area contributed by atoms with Crippen molar-refractivity contribution < 1.29 is 14.6 Å². The third-order valence-corrected chi connectivity index (χ3v) is 6.45. The standard InChI is InChI=1S/C25H39NO3/c1-16(2)20-12-9-13-21(17(3)4)22(20)25(28)14-18-10-8-11-19(15-25)26(18)23(27)29-24(5,6)7/h9,12-13,16-19,28H,8,10-11,14-15H2,1-7H3. The molecule has 4 nitrogen and oxygen atoms in total. The summed E-state index contributed by atoms with van der Waals surface area (Å²) in [5.41, 5.74) is 2.19. The highest BCUT2D eigenvalue weighted by Gasteiger charge is 2.50. The second-order valence-corrected chi connectivity index (χ2v) is 10.7. The summed E-state index contributed by atoms with van der Waals surface area (Å²) < 4.78 is 5.72. The second kappa shape index (κ2) is 7.94. The molecule has 29 heavy (non-hydrogen) atoms. The van der Waals surface area contributed by atoms with Crippen LogP contribution in [0, 0.1) is 0 Å². The van der Waals surface area contributed by atoms with E-state index in [1.807, 2.05) is 25.7 Å². The van der Waals surface area contributed by atoms with Gasteiger partial charge in [0.25, 0.3) is 0 Å². The van der Waals surface area contributed by atoms with E-state index in [0.717, 1.165) is 24.8 Å². The predicted octanol–water partition coefficient (Wildman–Crippen LogP) is 6.07. The zero-order valence-electron chi connectivity index (χ0n) is 19.3. The minimum atomic E-state index is -0.894. The van der Waals surface area contributed by atoms with Gasteiger partial charge in [-0.05, 0) is 68.6 Å². The van der Waals surface area contributed by atoms with E-state index in [-0.39, 0.29) is 18.2 Å². The van der Waals surface area contributed by atoms with Gasteiger partial charge in [0.15, 0.2) is 0 Å². The molecule has 2 aliphatic rings. The van der Waals surface area contributed by atoms with Crippen LogP contribution in [0.4, 0.5) is 4.79 Å². The molecule has 3 rings (SSSR count). The lowest BCUT2D eigenvalue weighted by Crippen LogP contribution is -2.59. The van der Waals surface area contributed by atoms with E-state index in [9.17, 15) is 9.90 Å². The average Bonchev–Trinajstić information content (AvgIpc) is 2.58. The van der Waals surface area contributed by atoms with Gasteiger partial charge in [-0.25, -0.2) is 4.79 Å². The molecule has 2 aliphatic heterocycles. The van der Waals surface area contributed by atoms with Crippen molar-refractivity contribution in [3.63, 3.8) is 0 Å². The molecule has 0 spiro atoms. The topological polar surface area (TPSA) is 49.8 Å². The van der Waals surface area contributed by atoms with Crippen molar-refractivity contribution >= 4 is 6.09 Å². The van der Waals surface area contributed by atoms with Gasteiger partial charge in [0.2, 0.25) is 0 Å². The van der Waals surface area contributed by atoms with Crippen LogP contribution < -0.4 is 0 Å². The van der Waals surface area contributed by atoms with E-state index in [2.05, 4.69) is 45.9 Å². The largest absolute Gasteiger partial charge is 0.444 e. The Morgan fingerprint density at radius 2 is 1.55 bits per heavy atom. The lowest BCUT2D eigenvalue weighted by atomic mass is 9.68. The number of benzene rings is 1. The first-order chi connectivity index (χ1) is 13.4. The van der Waals surface area contributed by atoms with Crippen LogP contribution in [-0.2, 0) is 10.3 Å². The fraction of sp³-hybridized carbons (Fsp3) is 0.720. The molecule has 2 bridgehead atoms. The number of carbonyl (C=O) groups is 1. The summed E-state index contributed by atoms with van der Waals surface area (Å²) in [7, 11) is 0. The molecule has 1 N–H and O–H groups in total. The molecule has 2 atom stereocenters. The molecule has 1 aromatic carbocycles. The summed E-state index contributed by atoms with van der Waals surface area (Å²) in [5, 5.41) is 12.1. The molecule has 0 radical (unpaired) electrons. The first-order valence-corrected chi connectivity index (χ1v) is 11.3. The van der Waals surface area contributed by atoms with Crippen molar-refractivity contribution in [3.05, 3.63) is 34.9 Å². The minimum absolute atomic E-state index is 0.0302. The van der Waals surface area contributed by atoms with Gasteiger partial charge in [-0.3, -0.25) is 0 Å². The Balaban J connectivity index is 2.00. The summed E-state index contributed by atoms with van der Waals surface area (Å²) >= 11 is 0. The zero-order valence-corrected chi connectivity index (χ0v) is 19.3. The molecule has 0 aromatic heterocycles. The maximum Gasteiger partial charge on any atom is 0.410 e. The Kier molecular flexibility index (Phi) is 6.06. The Morgan fingerprint density at radius 3 is 1.97 bits per heavy atom. The number of rotatable bonds is 3. The zero-order chi connectivity index (χ0) is 21.6. The highest BCUT2D eigenvalue weighted by atomic mass is 16.6. The average molecular weight is 402 g/mol. The molecule has 2 unspecified atom stereocenters. The van der Waals surface area contributed by atoms with Crippen LogP contribution in [-0.4, -0.2) is 33.8 Å². The molecule has 0 aliphatic carbocycles. The molecule has 4 heteroatoms. The Morgan fingerprint density at radius 1 is 1.07 bits per heavy atom. The Bertz CT molecular complexity index is 707. The van der Waals surface area contributed by atoms with Gasteiger partial charge in [-0.1, -0.05) is 45.9 Å². The van der Waals surface area contributed by atoms with E-state index < -0.39 is 11.2 Å². The number of nitrogens with zero attached hydrogens (tertiary/aromatic N) is 1. The van der Waals surface area contributed by atoms with Crippen LogP contribution in [0.3, 0.4) is 0 Å². The maximum absolute atomic E-state index is 12.9. The quantitative estimate of drug-likeness (QED) is 0.668. The first kappa shape index (κ1) is 22.1. The highest BCUT2D eigenvalue weighted by Crippen LogP contribution is 2.48. The molecule has 2 fully saturated rings. The van der Waals surface area contributed by atoms with Crippen LogP contribution in [0.5, 0.6) is 0 Å². The number of aliphatic hydroxyl groups is 1. The Hall–Kier alpha value is -1.55. The number of fused-ring (bicyclic) bond motifs is 2. The molecule has 1 amide bonds. The lowest BCUT2D eigenvalue weighted by molar-refractivity contribution is -0.0973. The van der Waals surface area contributed by atoms with Crippen molar-refractivity contribution in [3.8, 4) is 0 Å². The fourth-order valence-corrected chi connectivity index (χ4v) is 5.33. The number of hydrogen-bond donors (Lipinski definition) is 1. The lowest BCUT2D eigenvalue weighted by Gasteiger charge is -2.52. The van der Waals surface area contributed by atoms with Crippen molar-refractivity contribution in [2.24, 2.45) is 0 Å². The van der Waals surface area contributed by atoms with Crippen molar-refractivity contribution in [1.82, 2.24) is 4.90 Å². The predicted molar refractivity (Wildman–Crippen MR) is 117 cm³/mol. The van der Waals surface area contributed by atoms with E-state index >= 15 is 0 Å². The summed E-state index contributed by atoms with van der Waals surface area (Å²) in [5.74, 6) is 0.688. The summed E-state index contributed by atoms with van der Waals surface area (Å²) in [6.07, 6.45) is 3.92. The normalized spacial score (nSPS) is 27.4. The number of ether oxygens (including phenoxy) is 1. The van der Waals surface area contributed by atoms with Crippen LogP contribution in [0.15, 0.2) is 18.2 Å². The fourth-order valence-electron chi connectivity index (χ4n) is 5.33. The van der Waals surface area contributed by atoms with E-state index in [4.69, 9.17) is 4.74 Å². The van der Waals surface area contributed by atoms with Crippen LogP contribution in [0.25, 0.3) is 0 Å². The summed E-state index contributed by atoms with van der Waals surface area (Å²) in [6, 6.07) is 6.51. The van der Waals surface area contributed by atoms with Crippen molar-refractivity contribution in [2.45, 2.75) is 116 Å². The van der Waals surface area contributed by atoms with Crippen molar-refractivity contribution in [2.75, 3.05) is 0 Å². The molecule has 2 heterocycles. The number of piperidine rings is 2. The Labute approximate surface area is 176 Å². The number of amides is 1. The molecular formula is C25H39NO3. The van der Waals surface area contributed by atoms with Gasteiger partial charge in [-0.15, -0.1) is 0 Å². The molecule has 2 saturated heterocycles. The number of carbonyl (C=O) groups excluding carboxylic acids is 1. The summed E-state index contributed by atoms with van der Waals surface area (Å²) in [4.78, 5) is 14.9. The number of hydrogen-bond acceptors (Lipinski definition) is 3. The van der Waals surface area contributed by atoms with E-state index in [0.29, 0.717) is 24.7 Å². The molecule has 162 valence electrons. The third-order valence-electron chi connectivity index (χ3n) is 6.45. The highest BCUT2D eigenvalue weighted by molar-refractivity contribution is 5.69. The first-order valence-electron chi connectivity index (χ1n) is 11.3. The monoisotopic (exact) mass is 401 g/mol. The smallest absolute Gasteiger partial charge is 0.410 e. The van der Waals surface area contributed by atoms with Gasteiger partial charge >= 0.3 is 6.09 Å². The van der Waals surface area contributed by atoms with Gasteiger partial charge in [-0.2, -0.15) is 0 Å². The van der Waals surface area contributed by atoms with Crippen LogP contribution >= 0.6 is 0 Å². The third kappa shape index (κ3) is 4.47. The van der Waals surface area contributed by atoms with E-state index in [1.165, 1.54) is 11.1 Å². The SMILES string of the molecule is CC(C)c1cccc(C(C)C)c1C1(O)CC2CCCC(C1)N2C(=O)OC(C)(C)C. The second-order valence-electron chi connectivity index (χ2n) is 10.7. The van der Waals surface area contributed by atoms with Gasteiger partial charge in [0.05, 0.1) is 5.60 Å². The molecular weight excluding hydrogens is 362 g/mol. The van der Waals surface area contributed by atoms with Crippen molar-refractivity contribution in [1.29, 1.82) is 0 Å². The van der Waals surface area contributed by atoms with Crippen LogP contribution in [0.1, 0.15) is 109 Å². The van der Waals surface area contributed by atoms with Gasteiger partial charge in [0, 0.05) is 24.9 Å². The van der Waals surface area contributed by atoms with Crippen LogP contribution in [0.2, 0.25) is 0 Å². The van der Waals surface area contributed by atoms with Gasteiger partial charge in [0.1, 0.15) is 5.60 Å². The van der Waals surface area contributed by atoms with Gasteiger partial charge < -0.3 is 14.7 Å². The summed E-state index contributed by atoms with van der Waals surface area (Å²) in [6.45, 7) is 14.5. The maximum atomic E-state index is 12.9. The minimum Gasteiger partial charge on any atom is -0.444 e. The molecule has 1 aromatic rings. The van der Waals surface area contributed by atoms with E-state index in [1.54, 1.807) is 0 Å².